The molecule has 1 fully saturated rings. The standard InChI is InChI=1S/C17H28N2O8/c1-16(2,3)25-13(22)9-10(18-15(24)26-17(4,5)6)14(23)27-19-11(20)7-8-12(19)21/h10-11,20H,7-9H2,1-6H3,(H,18,24)/t10-,11?/m0/s1. The predicted molar refractivity (Wildman–Crippen MR) is 91.8 cm³/mol. The van der Waals surface area contributed by atoms with E-state index in [1.165, 1.54) is 0 Å². The van der Waals surface area contributed by atoms with E-state index in [2.05, 4.69) is 5.32 Å². The highest BCUT2D eigenvalue weighted by molar-refractivity contribution is 5.87. The second-order valence-electron chi connectivity index (χ2n) is 8.14. The number of esters is 1. The molecule has 0 aliphatic carbocycles. The van der Waals surface area contributed by atoms with Gasteiger partial charge in [0.15, 0.2) is 6.23 Å². The molecule has 10 nitrogen and oxygen atoms in total. The Kier molecular flexibility index (Phi) is 7.18. The van der Waals surface area contributed by atoms with E-state index in [0.29, 0.717) is 5.06 Å². The Hall–Kier alpha value is -2.36. The van der Waals surface area contributed by atoms with Crippen molar-refractivity contribution >= 4 is 23.9 Å². The van der Waals surface area contributed by atoms with Crippen LogP contribution in [0.2, 0.25) is 0 Å². The third-order valence-corrected chi connectivity index (χ3v) is 3.09. The molecule has 2 N–H and O–H groups in total. The number of amides is 2. The number of ether oxygens (including phenoxy) is 2. The van der Waals surface area contributed by atoms with E-state index < -0.39 is 53.8 Å². The van der Waals surface area contributed by atoms with E-state index in [0.717, 1.165) is 0 Å². The smallest absolute Gasteiger partial charge is 0.408 e. The molecule has 154 valence electrons. The van der Waals surface area contributed by atoms with Crippen molar-refractivity contribution in [3.8, 4) is 0 Å². The molecule has 10 heteroatoms. The van der Waals surface area contributed by atoms with Gasteiger partial charge in [0.2, 0.25) is 0 Å². The lowest BCUT2D eigenvalue weighted by Crippen LogP contribution is -2.48. The molecular formula is C17H28N2O8. The number of aliphatic hydroxyl groups is 1. The number of nitrogens with one attached hydrogen (secondary N) is 1. The number of alkyl carbamates (subject to hydrolysis) is 1. The molecule has 0 saturated carbocycles. The quantitative estimate of drug-likeness (QED) is 0.667. The first-order valence-corrected chi connectivity index (χ1v) is 8.61. The van der Waals surface area contributed by atoms with Crippen molar-refractivity contribution in [1.29, 1.82) is 0 Å². The molecular weight excluding hydrogens is 360 g/mol. The Morgan fingerprint density at radius 2 is 1.70 bits per heavy atom. The molecule has 27 heavy (non-hydrogen) atoms. The highest BCUT2D eigenvalue weighted by Gasteiger charge is 2.37. The van der Waals surface area contributed by atoms with E-state index in [1.54, 1.807) is 41.5 Å². The summed E-state index contributed by atoms with van der Waals surface area (Å²) in [4.78, 5) is 52.9. The second-order valence-corrected chi connectivity index (χ2v) is 8.14. The van der Waals surface area contributed by atoms with Crippen LogP contribution in [-0.2, 0) is 28.7 Å². The van der Waals surface area contributed by atoms with Gasteiger partial charge >= 0.3 is 18.0 Å². The van der Waals surface area contributed by atoms with E-state index >= 15 is 0 Å². The largest absolute Gasteiger partial charge is 0.460 e. The minimum atomic E-state index is -1.46. The van der Waals surface area contributed by atoms with Crippen LogP contribution in [0.25, 0.3) is 0 Å². The van der Waals surface area contributed by atoms with Crippen LogP contribution in [0.4, 0.5) is 4.79 Å². The Morgan fingerprint density at radius 3 is 2.15 bits per heavy atom. The number of carbonyl (C=O) groups excluding carboxylic acids is 4. The van der Waals surface area contributed by atoms with Crippen LogP contribution >= 0.6 is 0 Å². The first kappa shape index (κ1) is 22.7. The van der Waals surface area contributed by atoms with Crippen molar-refractivity contribution < 1.29 is 38.6 Å². The van der Waals surface area contributed by atoms with Gasteiger partial charge in [0.1, 0.15) is 17.2 Å². The first-order chi connectivity index (χ1) is 12.2. The van der Waals surface area contributed by atoms with Crippen molar-refractivity contribution in [1.82, 2.24) is 10.4 Å². The molecule has 2 atom stereocenters. The highest BCUT2D eigenvalue weighted by Crippen LogP contribution is 2.18. The molecule has 1 heterocycles. The minimum absolute atomic E-state index is 0.0185. The van der Waals surface area contributed by atoms with Crippen molar-refractivity contribution in [3.05, 3.63) is 0 Å². The molecule has 1 aliphatic heterocycles. The number of hydrogen-bond donors (Lipinski definition) is 2. The maximum atomic E-state index is 12.4. The molecule has 0 aromatic heterocycles. The van der Waals surface area contributed by atoms with Gasteiger partial charge < -0.3 is 24.7 Å². The number of hydrogen-bond acceptors (Lipinski definition) is 8. The van der Waals surface area contributed by atoms with E-state index in [4.69, 9.17) is 14.3 Å². The minimum Gasteiger partial charge on any atom is -0.460 e. The highest BCUT2D eigenvalue weighted by atomic mass is 16.7. The summed E-state index contributed by atoms with van der Waals surface area (Å²) in [5, 5.41) is 12.5. The van der Waals surface area contributed by atoms with Gasteiger partial charge in [-0.05, 0) is 41.5 Å². The predicted octanol–water partition coefficient (Wildman–Crippen LogP) is 1.01. The van der Waals surface area contributed by atoms with Gasteiger partial charge in [-0.1, -0.05) is 0 Å². The lowest BCUT2D eigenvalue weighted by atomic mass is 10.1. The molecule has 1 saturated heterocycles. The van der Waals surface area contributed by atoms with Crippen LogP contribution in [0.1, 0.15) is 60.8 Å². The number of hydroxylamine groups is 2. The number of carbonyl (C=O) groups is 4. The fourth-order valence-electron chi connectivity index (χ4n) is 2.11. The molecule has 0 spiro atoms. The summed E-state index contributed by atoms with van der Waals surface area (Å²) in [5.41, 5.74) is -1.62. The van der Waals surface area contributed by atoms with Crippen molar-refractivity contribution in [2.24, 2.45) is 0 Å². The van der Waals surface area contributed by atoms with Gasteiger partial charge in [-0.15, -0.1) is 5.06 Å². The zero-order valence-electron chi connectivity index (χ0n) is 16.5. The second kappa shape index (κ2) is 8.55. The zero-order valence-corrected chi connectivity index (χ0v) is 16.5. The van der Waals surface area contributed by atoms with Crippen molar-refractivity contribution in [3.63, 3.8) is 0 Å². The summed E-state index contributed by atoms with van der Waals surface area (Å²) < 4.78 is 10.2. The van der Waals surface area contributed by atoms with E-state index in [-0.39, 0.29) is 12.8 Å². The summed E-state index contributed by atoms with van der Waals surface area (Å²) in [6, 6.07) is -1.46. The summed E-state index contributed by atoms with van der Waals surface area (Å²) >= 11 is 0. The van der Waals surface area contributed by atoms with Gasteiger partial charge in [0.05, 0.1) is 6.42 Å². The molecule has 1 aliphatic rings. The summed E-state index contributed by atoms with van der Waals surface area (Å²) in [6.07, 6.45) is -2.62. The van der Waals surface area contributed by atoms with Crippen LogP contribution in [-0.4, -0.2) is 57.6 Å². The molecule has 0 aromatic rings. The normalized spacial score (nSPS) is 18.7. The number of rotatable bonds is 5. The van der Waals surface area contributed by atoms with E-state index in [9.17, 15) is 24.3 Å². The van der Waals surface area contributed by atoms with Gasteiger partial charge in [-0.3, -0.25) is 9.59 Å². The third kappa shape index (κ3) is 8.25. The maximum absolute atomic E-state index is 12.4. The topological polar surface area (TPSA) is 131 Å². The van der Waals surface area contributed by atoms with Crippen LogP contribution in [0.3, 0.4) is 0 Å². The van der Waals surface area contributed by atoms with Crippen LogP contribution in [0, 0.1) is 0 Å². The molecule has 1 unspecified atom stereocenters. The molecule has 0 aromatic carbocycles. The Bertz CT molecular complexity index is 561. The Morgan fingerprint density at radius 1 is 1.15 bits per heavy atom. The summed E-state index contributed by atoms with van der Waals surface area (Å²) in [7, 11) is 0. The van der Waals surface area contributed by atoms with Crippen molar-refractivity contribution in [2.75, 3.05) is 0 Å². The van der Waals surface area contributed by atoms with Gasteiger partial charge in [0.25, 0.3) is 5.91 Å². The SMILES string of the molecule is CC(C)(C)OC(=O)C[C@H](NC(=O)OC(C)(C)C)C(=O)ON1C(=O)CCC1O. The lowest BCUT2D eigenvalue weighted by molar-refractivity contribution is -0.222. The molecule has 2 amide bonds. The zero-order chi connectivity index (χ0) is 21.0. The van der Waals surface area contributed by atoms with Crippen molar-refractivity contribution in [2.45, 2.75) is 84.3 Å². The molecule has 0 radical (unpaired) electrons. The van der Waals surface area contributed by atoms with Gasteiger partial charge in [-0.2, -0.15) is 0 Å². The summed E-state index contributed by atoms with van der Waals surface area (Å²) in [5.74, 6) is -2.43. The molecule has 0 bridgehead atoms. The molecule has 1 rings (SSSR count). The average Bonchev–Trinajstić information content (AvgIpc) is 2.74. The fourth-order valence-corrected chi connectivity index (χ4v) is 2.11. The maximum Gasteiger partial charge on any atom is 0.408 e. The third-order valence-electron chi connectivity index (χ3n) is 3.09. The summed E-state index contributed by atoms with van der Waals surface area (Å²) in [6.45, 7) is 9.85. The average molecular weight is 388 g/mol. The first-order valence-electron chi connectivity index (χ1n) is 8.61. The van der Waals surface area contributed by atoms with Gasteiger partial charge in [-0.25, -0.2) is 9.59 Å². The van der Waals surface area contributed by atoms with Gasteiger partial charge in [0, 0.05) is 12.8 Å². The Balaban J connectivity index is 2.85. The lowest BCUT2D eigenvalue weighted by Gasteiger charge is -2.26. The van der Waals surface area contributed by atoms with Crippen LogP contribution < -0.4 is 5.32 Å². The fraction of sp³-hybridized carbons (Fsp3) is 0.765. The van der Waals surface area contributed by atoms with E-state index in [1.807, 2.05) is 0 Å². The van der Waals surface area contributed by atoms with Crippen LogP contribution in [0.5, 0.6) is 0 Å². The Labute approximate surface area is 158 Å². The number of aliphatic hydroxyl groups excluding tert-OH is 1. The van der Waals surface area contributed by atoms with Crippen LogP contribution in [0.15, 0.2) is 0 Å². The number of nitrogens with zero attached hydrogens (tertiary/aromatic N) is 1. The monoisotopic (exact) mass is 388 g/mol.